The molecule has 0 bridgehead atoms. The Bertz CT molecular complexity index is 1960. The summed E-state index contributed by atoms with van der Waals surface area (Å²) < 4.78 is 60.5. The molecule has 12 nitrogen and oxygen atoms in total. The summed E-state index contributed by atoms with van der Waals surface area (Å²) in [7, 11) is -3.88. The molecule has 300 valence electrons. The highest BCUT2D eigenvalue weighted by Crippen LogP contribution is 2.57. The summed E-state index contributed by atoms with van der Waals surface area (Å²) in [5.74, 6) is -3.23. The van der Waals surface area contributed by atoms with E-state index < -0.39 is 73.7 Å². The predicted molar refractivity (Wildman–Crippen MR) is 203 cm³/mol. The lowest BCUT2D eigenvalue weighted by molar-refractivity contribution is -0.160. The third kappa shape index (κ3) is 9.32. The number of carbonyl (C=O) groups is 4. The second-order valence-corrected chi connectivity index (χ2v) is 19.0. The van der Waals surface area contributed by atoms with Gasteiger partial charge in [0.05, 0.1) is 53.8 Å². The summed E-state index contributed by atoms with van der Waals surface area (Å²) in [5, 5.41) is 0.319. The van der Waals surface area contributed by atoms with Crippen molar-refractivity contribution in [1.82, 2.24) is 14.6 Å². The van der Waals surface area contributed by atoms with Gasteiger partial charge in [0.1, 0.15) is 23.3 Å². The summed E-state index contributed by atoms with van der Waals surface area (Å²) in [4.78, 5) is 62.5. The SMILES string of the molecule is CCOc1cnc(O[C@@H]2C[C@H]3C(=O)C[C@]4(C(=O)NS(=O)(=O)C5CC5)C[C@H]4/C=C\CC[C@@H](C)C[C@@H](C)[C@H](CC(=O)OC(C)(C)C)C(=O)N3C2)c2cc(F)ccc12. The Balaban J connectivity index is 1.36. The molecular weight excluding hydrogens is 730 g/mol. The van der Waals surface area contributed by atoms with Crippen LogP contribution in [0, 0.1) is 34.9 Å². The number of ketones is 1. The van der Waals surface area contributed by atoms with Gasteiger partial charge in [-0.05, 0) is 102 Å². The molecule has 2 aliphatic heterocycles. The van der Waals surface area contributed by atoms with Crippen LogP contribution in [0.15, 0.2) is 36.5 Å². The van der Waals surface area contributed by atoms with Gasteiger partial charge in [0.25, 0.3) is 0 Å². The number of nitrogens with zero attached hydrogens (tertiary/aromatic N) is 2. The Kier molecular flexibility index (Phi) is 11.7. The fourth-order valence-corrected chi connectivity index (χ4v) is 9.62. The number of amides is 2. The van der Waals surface area contributed by atoms with Gasteiger partial charge in [0.2, 0.25) is 27.7 Å². The number of aromatic nitrogens is 1. The van der Waals surface area contributed by atoms with Crippen LogP contribution in [0.25, 0.3) is 10.8 Å². The minimum Gasteiger partial charge on any atom is -0.492 e. The van der Waals surface area contributed by atoms with Gasteiger partial charge in [0, 0.05) is 18.2 Å². The van der Waals surface area contributed by atoms with Crippen LogP contribution in [0.5, 0.6) is 11.6 Å². The fraction of sp³-hybridized carbons (Fsp3) is 0.634. The molecule has 1 N–H and O–H groups in total. The maximum atomic E-state index is 14.8. The monoisotopic (exact) mass is 783 g/mol. The maximum absolute atomic E-state index is 14.8. The van der Waals surface area contributed by atoms with Gasteiger partial charge in [-0.2, -0.15) is 0 Å². The van der Waals surface area contributed by atoms with Gasteiger partial charge >= 0.3 is 5.97 Å². The molecule has 14 heteroatoms. The Hall–Kier alpha value is -4.07. The lowest BCUT2D eigenvalue weighted by Gasteiger charge is -2.32. The first-order valence-corrected chi connectivity index (χ1v) is 21.1. The zero-order valence-corrected chi connectivity index (χ0v) is 33.5. The number of hydrogen-bond donors (Lipinski definition) is 1. The molecule has 6 rings (SSSR count). The number of nitrogens with one attached hydrogen (secondary N) is 1. The first-order chi connectivity index (χ1) is 25.9. The van der Waals surface area contributed by atoms with Crippen molar-refractivity contribution in [3.05, 3.63) is 42.4 Å². The zero-order chi connectivity index (χ0) is 39.9. The van der Waals surface area contributed by atoms with Gasteiger partial charge in [-0.3, -0.25) is 23.9 Å². The molecule has 2 aromatic rings. The van der Waals surface area contributed by atoms with Crippen LogP contribution in [0.3, 0.4) is 0 Å². The Morgan fingerprint density at radius 2 is 1.84 bits per heavy atom. The molecule has 2 aliphatic carbocycles. The topological polar surface area (TPSA) is 158 Å². The average Bonchev–Trinajstić information content (AvgIpc) is 4.02. The highest BCUT2D eigenvalue weighted by molar-refractivity contribution is 7.90. The summed E-state index contributed by atoms with van der Waals surface area (Å²) in [6.07, 6.45) is 7.59. The molecular formula is C41H54FN3O9S. The highest BCUT2D eigenvalue weighted by Gasteiger charge is 2.61. The van der Waals surface area contributed by atoms with E-state index in [4.69, 9.17) is 14.2 Å². The van der Waals surface area contributed by atoms with Crippen LogP contribution in [0.2, 0.25) is 0 Å². The van der Waals surface area contributed by atoms with E-state index >= 15 is 0 Å². The Morgan fingerprint density at radius 1 is 1.09 bits per heavy atom. The fourth-order valence-electron chi connectivity index (χ4n) is 8.24. The minimum absolute atomic E-state index is 0.0351. The van der Waals surface area contributed by atoms with Gasteiger partial charge in [-0.1, -0.05) is 26.0 Å². The number of esters is 1. The molecule has 1 aromatic carbocycles. The summed E-state index contributed by atoms with van der Waals surface area (Å²) in [6.45, 7) is 11.5. The molecule has 0 radical (unpaired) electrons. The quantitative estimate of drug-likeness (QED) is 0.234. The van der Waals surface area contributed by atoms with E-state index in [0.29, 0.717) is 55.2 Å². The van der Waals surface area contributed by atoms with Crippen LogP contribution < -0.4 is 14.2 Å². The largest absolute Gasteiger partial charge is 0.492 e. The van der Waals surface area contributed by atoms with Crippen molar-refractivity contribution in [2.24, 2.45) is 29.1 Å². The van der Waals surface area contributed by atoms with E-state index in [0.717, 1.165) is 6.42 Å². The summed E-state index contributed by atoms with van der Waals surface area (Å²) >= 11 is 0. The molecule has 2 amide bonds. The van der Waals surface area contributed by atoms with E-state index in [2.05, 4.69) is 16.6 Å². The molecule has 3 heterocycles. The van der Waals surface area contributed by atoms with E-state index in [9.17, 15) is 32.0 Å². The van der Waals surface area contributed by atoms with Crippen molar-refractivity contribution < 1.29 is 46.2 Å². The van der Waals surface area contributed by atoms with E-state index in [1.54, 1.807) is 26.8 Å². The zero-order valence-electron chi connectivity index (χ0n) is 32.6. The number of benzene rings is 1. The number of ether oxygens (including phenoxy) is 3. The van der Waals surface area contributed by atoms with E-state index in [1.165, 1.54) is 23.2 Å². The third-order valence-corrected chi connectivity index (χ3v) is 13.1. The second kappa shape index (κ2) is 15.8. The number of sulfonamides is 1. The summed E-state index contributed by atoms with van der Waals surface area (Å²) in [5.41, 5.74) is -2.06. The highest BCUT2D eigenvalue weighted by atomic mass is 32.2. The number of rotatable bonds is 9. The predicted octanol–water partition coefficient (Wildman–Crippen LogP) is 6.06. The molecule has 55 heavy (non-hydrogen) atoms. The normalized spacial score (nSPS) is 29.7. The van der Waals surface area contributed by atoms with E-state index in [1.807, 2.05) is 26.0 Å². The van der Waals surface area contributed by atoms with Gasteiger partial charge < -0.3 is 19.1 Å². The Labute approximate surface area is 323 Å². The van der Waals surface area contributed by atoms with Crippen LogP contribution in [-0.4, -0.2) is 78.0 Å². The lowest BCUT2D eigenvalue weighted by atomic mass is 9.82. The average molecular weight is 784 g/mol. The van der Waals surface area contributed by atoms with Crippen molar-refractivity contribution >= 4 is 44.4 Å². The van der Waals surface area contributed by atoms with Crippen molar-refractivity contribution in [3.63, 3.8) is 0 Å². The van der Waals surface area contributed by atoms with Crippen molar-refractivity contribution in [2.75, 3.05) is 13.2 Å². The minimum atomic E-state index is -3.88. The standard InChI is InChI=1S/C41H54FN3O9S/c1-7-52-35-22-43-37(32-17-27(42)12-15-30(32)35)53-28-18-33-34(46)21-41(39(49)44-55(50,51)29-13-14-29)20-26(41)11-9-8-10-24(2)16-25(3)31(38(48)45(33)23-28)19-36(47)54-40(4,5)6/h9,11-12,15,17,22,24-26,28-29,31,33H,7-8,10,13-14,16,18-21,23H2,1-6H3,(H,44,49)/b11-9-/t24-,25-,26-,28-,31+,33+,41-/m1/s1. The van der Waals surface area contributed by atoms with Crippen molar-refractivity contribution in [1.29, 1.82) is 0 Å². The molecule has 2 saturated carbocycles. The summed E-state index contributed by atoms with van der Waals surface area (Å²) in [6, 6.07) is 3.14. The van der Waals surface area contributed by atoms with Crippen LogP contribution in [-0.2, 0) is 33.9 Å². The first kappa shape index (κ1) is 40.6. The van der Waals surface area contributed by atoms with Crippen molar-refractivity contribution in [3.8, 4) is 11.6 Å². The number of fused-ring (bicyclic) bond motifs is 3. The van der Waals surface area contributed by atoms with E-state index in [-0.39, 0.29) is 49.4 Å². The smallest absolute Gasteiger partial charge is 0.307 e. The number of carbonyl (C=O) groups excluding carboxylic acids is 4. The van der Waals surface area contributed by atoms with Gasteiger partial charge in [-0.15, -0.1) is 0 Å². The molecule has 3 fully saturated rings. The van der Waals surface area contributed by atoms with Gasteiger partial charge in [-0.25, -0.2) is 17.8 Å². The molecule has 7 atom stereocenters. The number of Topliss-reactive ketones (excluding diaryl/α,β-unsaturated/α-hetero) is 1. The number of allylic oxidation sites excluding steroid dienone is 2. The van der Waals surface area contributed by atoms with Gasteiger partial charge in [0.15, 0.2) is 5.78 Å². The van der Waals surface area contributed by atoms with Crippen molar-refractivity contribution in [2.45, 2.75) is 122 Å². The molecule has 1 aromatic heterocycles. The molecule has 0 unspecified atom stereocenters. The number of hydrogen-bond acceptors (Lipinski definition) is 10. The Morgan fingerprint density at radius 3 is 2.53 bits per heavy atom. The molecule has 0 spiro atoms. The van der Waals surface area contributed by atoms with Crippen LogP contribution in [0.1, 0.15) is 99.3 Å². The molecule has 1 saturated heterocycles. The maximum Gasteiger partial charge on any atom is 0.307 e. The lowest BCUT2D eigenvalue weighted by Crippen LogP contribution is -2.47. The first-order valence-electron chi connectivity index (χ1n) is 19.6. The second-order valence-electron chi connectivity index (χ2n) is 17.0. The third-order valence-electron chi connectivity index (χ3n) is 11.3. The number of pyridine rings is 1. The molecule has 4 aliphatic rings. The van der Waals surface area contributed by atoms with Crippen LogP contribution in [0.4, 0.5) is 4.39 Å². The number of halogens is 1. The van der Waals surface area contributed by atoms with Crippen LogP contribution >= 0.6 is 0 Å².